The van der Waals surface area contributed by atoms with Gasteiger partial charge < -0.3 is 10.1 Å². The Bertz CT molecular complexity index is 1050. The Balaban J connectivity index is 0.000000285. The predicted octanol–water partition coefficient (Wildman–Crippen LogP) is 4.89. The minimum atomic E-state index is -0.125. The van der Waals surface area contributed by atoms with Crippen LogP contribution < -0.4 is 0 Å². The van der Waals surface area contributed by atoms with Crippen LogP contribution >= 0.6 is 0 Å². The standard InChI is InChI=1S/C17H13N2.C5H8O2.Ir/c1-11-10-18-16-14-8-4-2-6-12(14)13-7-3-5-9-15(13)17(16)19-11;1-4(6)3-5(2)7;/h2,4-6,9-10H,3,7H2,1H3;3,6H,1-2H3;/q-1;;/b;4-3-;. The number of hydrogen-bond donors (Lipinski definition) is 1. The number of ketones is 1. The zero-order valence-corrected chi connectivity index (χ0v) is 17.9. The summed E-state index contributed by atoms with van der Waals surface area (Å²) < 4.78 is 0. The Labute approximate surface area is 172 Å². The summed E-state index contributed by atoms with van der Waals surface area (Å²) in [6.07, 6.45) is 9.60. The second-order valence-corrected chi connectivity index (χ2v) is 6.40. The molecule has 0 unspecified atom stereocenters. The van der Waals surface area contributed by atoms with Crippen LogP contribution in [0.2, 0.25) is 0 Å². The van der Waals surface area contributed by atoms with Crippen LogP contribution in [-0.4, -0.2) is 20.9 Å². The molecule has 1 N–H and O–H groups in total. The molecule has 0 amide bonds. The summed E-state index contributed by atoms with van der Waals surface area (Å²) in [7, 11) is 0. The van der Waals surface area contributed by atoms with Gasteiger partial charge in [0.05, 0.1) is 17.0 Å². The molecule has 0 atom stereocenters. The second-order valence-electron chi connectivity index (χ2n) is 6.40. The number of carbonyl (C=O) groups excluding carboxylic acids is 1. The molecule has 141 valence electrons. The van der Waals surface area contributed by atoms with Gasteiger partial charge in [-0.05, 0) is 39.2 Å². The first kappa shape index (κ1) is 20.9. The summed E-state index contributed by atoms with van der Waals surface area (Å²) in [5, 5.41) is 10.7. The SMILES string of the molecule is CC(=O)/C=C(/C)O.Cc1cnc2c(n1)c1c(c3ccc[c-]c32)CCC=C1.[Ir]. The summed E-state index contributed by atoms with van der Waals surface area (Å²) in [6.45, 7) is 4.84. The Kier molecular flexibility index (Phi) is 7.00. The van der Waals surface area contributed by atoms with E-state index in [1.165, 1.54) is 36.4 Å². The molecular weight excluding hydrogens is 516 g/mol. The average molecular weight is 538 g/mol. The summed E-state index contributed by atoms with van der Waals surface area (Å²) in [5.41, 5.74) is 5.57. The van der Waals surface area contributed by atoms with E-state index < -0.39 is 0 Å². The molecule has 4 rings (SSSR count). The third-order valence-corrected chi connectivity index (χ3v) is 4.15. The van der Waals surface area contributed by atoms with Crippen LogP contribution in [0.15, 0.2) is 42.3 Å². The molecule has 5 heteroatoms. The van der Waals surface area contributed by atoms with E-state index in [0.29, 0.717) is 0 Å². The number of carbonyl (C=O) groups is 1. The minimum Gasteiger partial charge on any atom is -0.512 e. The fourth-order valence-electron chi connectivity index (χ4n) is 3.19. The molecule has 0 spiro atoms. The number of nitrogens with zero attached hydrogens (tertiary/aromatic N) is 2. The van der Waals surface area contributed by atoms with Crippen LogP contribution in [-0.2, 0) is 31.3 Å². The molecule has 0 bridgehead atoms. The van der Waals surface area contributed by atoms with Gasteiger partial charge in [-0.2, -0.15) is 0 Å². The van der Waals surface area contributed by atoms with E-state index in [2.05, 4.69) is 29.3 Å². The first-order valence-electron chi connectivity index (χ1n) is 8.60. The number of hydrogen-bond acceptors (Lipinski definition) is 4. The number of rotatable bonds is 1. The van der Waals surface area contributed by atoms with Crippen molar-refractivity contribution in [2.75, 3.05) is 0 Å². The van der Waals surface area contributed by atoms with Crippen molar-refractivity contribution in [3.05, 3.63) is 65.2 Å². The van der Waals surface area contributed by atoms with E-state index in [-0.39, 0.29) is 31.6 Å². The molecule has 1 aromatic heterocycles. The van der Waals surface area contributed by atoms with Crippen molar-refractivity contribution in [1.29, 1.82) is 0 Å². The minimum absolute atomic E-state index is 0. The van der Waals surface area contributed by atoms with Crippen molar-refractivity contribution in [1.82, 2.24) is 9.97 Å². The fraction of sp³-hybridized carbons (Fsp3) is 0.227. The monoisotopic (exact) mass is 538 g/mol. The van der Waals surface area contributed by atoms with E-state index in [9.17, 15) is 4.79 Å². The van der Waals surface area contributed by atoms with Crippen molar-refractivity contribution in [2.45, 2.75) is 33.6 Å². The molecule has 0 saturated carbocycles. The molecule has 0 fully saturated rings. The van der Waals surface area contributed by atoms with E-state index in [4.69, 9.17) is 10.1 Å². The number of allylic oxidation sites excluding steroid dienone is 3. The van der Waals surface area contributed by atoms with E-state index in [1.54, 1.807) is 0 Å². The third kappa shape index (κ3) is 4.68. The Morgan fingerprint density at radius 3 is 2.74 bits per heavy atom. The Morgan fingerprint density at radius 2 is 2.07 bits per heavy atom. The number of aliphatic hydroxyl groups is 1. The van der Waals surface area contributed by atoms with Crippen LogP contribution in [0.4, 0.5) is 0 Å². The van der Waals surface area contributed by atoms with E-state index in [0.717, 1.165) is 35.0 Å². The summed E-state index contributed by atoms with van der Waals surface area (Å²) in [5.74, 6) is -0.0625. The number of benzene rings is 2. The van der Waals surface area contributed by atoms with Gasteiger partial charge >= 0.3 is 0 Å². The van der Waals surface area contributed by atoms with Crippen LogP contribution in [0.5, 0.6) is 0 Å². The first-order chi connectivity index (χ1) is 12.5. The fourth-order valence-corrected chi connectivity index (χ4v) is 3.19. The van der Waals surface area contributed by atoms with Gasteiger partial charge in [-0.15, -0.1) is 35.0 Å². The molecule has 2 aromatic carbocycles. The van der Waals surface area contributed by atoms with Crippen molar-refractivity contribution in [2.24, 2.45) is 0 Å². The smallest absolute Gasteiger partial charge is 0.155 e. The molecule has 0 saturated heterocycles. The molecule has 3 aromatic rings. The van der Waals surface area contributed by atoms with Gasteiger partial charge in [0, 0.05) is 37.9 Å². The maximum Gasteiger partial charge on any atom is 0.155 e. The Morgan fingerprint density at radius 1 is 1.30 bits per heavy atom. The third-order valence-electron chi connectivity index (χ3n) is 4.15. The van der Waals surface area contributed by atoms with E-state index in [1.807, 2.05) is 25.3 Å². The second kappa shape index (κ2) is 9.03. The first-order valence-corrected chi connectivity index (χ1v) is 8.60. The normalized spacial score (nSPS) is 12.8. The molecule has 1 heterocycles. The predicted molar refractivity (Wildman–Crippen MR) is 105 cm³/mol. The molecule has 27 heavy (non-hydrogen) atoms. The van der Waals surface area contributed by atoms with Crippen LogP contribution in [0.3, 0.4) is 0 Å². The van der Waals surface area contributed by atoms with Crippen molar-refractivity contribution < 1.29 is 30.0 Å². The van der Waals surface area contributed by atoms with Crippen molar-refractivity contribution >= 4 is 33.7 Å². The van der Waals surface area contributed by atoms with Gasteiger partial charge in [0.1, 0.15) is 0 Å². The van der Waals surface area contributed by atoms with Gasteiger partial charge in [-0.3, -0.25) is 9.78 Å². The zero-order valence-electron chi connectivity index (χ0n) is 15.5. The largest absolute Gasteiger partial charge is 0.512 e. The molecule has 1 radical (unpaired) electrons. The summed E-state index contributed by atoms with van der Waals surface area (Å²) in [4.78, 5) is 19.3. The molecule has 1 aliphatic carbocycles. The number of aliphatic hydroxyl groups excluding tert-OH is 1. The van der Waals surface area contributed by atoms with Crippen molar-refractivity contribution in [3.8, 4) is 0 Å². The average Bonchev–Trinajstić information content (AvgIpc) is 2.61. The molecule has 0 aliphatic heterocycles. The molecular formula is C22H21IrN2O2-. The van der Waals surface area contributed by atoms with E-state index >= 15 is 0 Å². The number of fused-ring (bicyclic) bond motifs is 6. The summed E-state index contributed by atoms with van der Waals surface area (Å²) in [6, 6.07) is 9.51. The maximum absolute atomic E-state index is 10.0. The van der Waals surface area contributed by atoms with Gasteiger partial charge in [0.2, 0.25) is 0 Å². The Hall–Kier alpha value is -2.36. The summed E-state index contributed by atoms with van der Waals surface area (Å²) >= 11 is 0. The van der Waals surface area contributed by atoms with Gasteiger partial charge in [-0.25, -0.2) is 0 Å². The van der Waals surface area contributed by atoms with Gasteiger partial charge in [0.25, 0.3) is 0 Å². The maximum atomic E-state index is 10.0. The van der Waals surface area contributed by atoms with Crippen molar-refractivity contribution in [3.63, 3.8) is 0 Å². The molecule has 1 aliphatic rings. The number of aryl methyl sites for hydroxylation is 2. The van der Waals surface area contributed by atoms with Crippen LogP contribution in [0.25, 0.3) is 27.9 Å². The van der Waals surface area contributed by atoms with Crippen LogP contribution in [0, 0.1) is 13.0 Å². The quantitative estimate of drug-likeness (QED) is 0.208. The van der Waals surface area contributed by atoms with Crippen LogP contribution in [0.1, 0.15) is 37.1 Å². The topological polar surface area (TPSA) is 63.1 Å². The number of aromatic nitrogens is 2. The molecule has 4 nitrogen and oxygen atoms in total. The van der Waals surface area contributed by atoms with Gasteiger partial charge in [-0.1, -0.05) is 17.7 Å². The van der Waals surface area contributed by atoms with Gasteiger partial charge in [0.15, 0.2) is 5.78 Å². The zero-order chi connectivity index (χ0) is 18.7.